The molecule has 76 valence electrons. The first-order valence-corrected chi connectivity index (χ1v) is 4.67. The monoisotopic (exact) mass is 246 g/mol. The molecule has 0 unspecified atom stereocenters. The fourth-order valence-electron chi connectivity index (χ4n) is 1.31. The van der Waals surface area contributed by atoms with Gasteiger partial charge in [0.15, 0.2) is 0 Å². The van der Waals surface area contributed by atoms with Gasteiger partial charge in [-0.2, -0.15) is 0 Å². The molecule has 0 N–H and O–H groups in total. The quantitative estimate of drug-likeness (QED) is 0.689. The van der Waals surface area contributed by atoms with Crippen molar-refractivity contribution in [3.05, 3.63) is 25.2 Å². The summed E-state index contributed by atoms with van der Waals surface area (Å²) in [4.78, 5) is 4.41. The van der Waals surface area contributed by atoms with E-state index < -0.39 is 0 Å². The summed E-state index contributed by atoms with van der Waals surface area (Å²) in [5, 5.41) is 0. The molecule has 13 heavy (non-hydrogen) atoms. The second-order valence-corrected chi connectivity index (χ2v) is 3.16. The Morgan fingerprint density at radius 1 is 1.38 bits per heavy atom. The minimum Gasteiger partial charge on any atom is -0.358 e. The molecule has 2 nitrogen and oxygen atoms in total. The van der Waals surface area contributed by atoms with E-state index >= 15 is 0 Å². The van der Waals surface area contributed by atoms with Gasteiger partial charge in [-0.3, -0.25) is 0 Å². The van der Waals surface area contributed by atoms with E-state index in [0.29, 0.717) is 0 Å². The third-order valence-corrected chi connectivity index (χ3v) is 2.10. The van der Waals surface area contributed by atoms with E-state index in [1.54, 1.807) is 0 Å². The number of unbranched alkanes of at least 4 members (excludes halogenated alkanes) is 2. The Hall–Kier alpha value is -0.440. The van der Waals surface area contributed by atoms with E-state index in [4.69, 9.17) is 0 Å². The molecule has 0 aromatic carbocycles. The third kappa shape index (κ3) is 4.36. The van der Waals surface area contributed by atoms with Crippen molar-refractivity contribution in [1.29, 1.82) is 0 Å². The number of rotatable bonds is 5. The predicted molar refractivity (Wildman–Crippen MR) is 62.6 cm³/mol. The highest BCUT2D eigenvalue weighted by Crippen LogP contribution is 2.07. The Morgan fingerprint density at radius 3 is 2.69 bits per heavy atom. The lowest BCUT2D eigenvalue weighted by atomic mass is 10.2. The summed E-state index contributed by atoms with van der Waals surface area (Å²) in [6.45, 7) is 8.11. The average Bonchev–Trinajstić information content (AvgIpc) is 2.53. The van der Waals surface area contributed by atoms with Gasteiger partial charge in [-0.25, -0.2) is 0 Å². The first kappa shape index (κ1) is 12.6. The predicted octanol–water partition coefficient (Wildman–Crippen LogP) is 2.94. The normalized spacial score (nSPS) is 14.5. The largest absolute Gasteiger partial charge is 0.358 e. The van der Waals surface area contributed by atoms with E-state index in [1.807, 2.05) is 6.20 Å². The molecule has 0 atom stereocenters. The van der Waals surface area contributed by atoms with Crippen LogP contribution in [-0.4, -0.2) is 23.0 Å². The minimum absolute atomic E-state index is 0. The van der Waals surface area contributed by atoms with Crippen molar-refractivity contribution < 1.29 is 0 Å². The highest BCUT2D eigenvalue weighted by molar-refractivity contribution is 8.93. The molecule has 1 heterocycles. The van der Waals surface area contributed by atoms with Crippen LogP contribution in [0.3, 0.4) is 0 Å². The van der Waals surface area contributed by atoms with Crippen LogP contribution in [0, 0.1) is 0 Å². The second kappa shape index (κ2) is 7.01. The maximum atomic E-state index is 3.72. The molecular formula is C10H19BrN2. The van der Waals surface area contributed by atoms with E-state index in [-0.39, 0.29) is 17.0 Å². The number of halogens is 1. The zero-order valence-electron chi connectivity index (χ0n) is 8.28. The summed E-state index contributed by atoms with van der Waals surface area (Å²) in [5.41, 5.74) is 0. The second-order valence-electron chi connectivity index (χ2n) is 3.16. The highest BCUT2D eigenvalue weighted by Gasteiger charge is 2.07. The smallest absolute Gasteiger partial charge is 0.0935 e. The number of nitrogens with zero attached hydrogens (tertiary/aromatic N) is 2. The van der Waals surface area contributed by atoms with Crippen molar-refractivity contribution in [2.75, 3.05) is 13.2 Å². The maximum absolute atomic E-state index is 3.72. The standard InChI is InChI=1S/C10H18N2.BrH/c1-3-5-6-7-12-9-8-11(4-2)10-12;/h4,8-9H,2-3,5-7,10H2,1H3;1H. The first-order valence-electron chi connectivity index (χ1n) is 4.67. The van der Waals surface area contributed by atoms with E-state index in [2.05, 4.69) is 35.7 Å². The molecule has 0 aromatic heterocycles. The summed E-state index contributed by atoms with van der Waals surface area (Å²) in [6, 6.07) is 0. The van der Waals surface area contributed by atoms with Gasteiger partial charge < -0.3 is 9.80 Å². The number of hydrogen-bond donors (Lipinski definition) is 0. The van der Waals surface area contributed by atoms with Crippen LogP contribution in [0.25, 0.3) is 0 Å². The molecule has 0 saturated carbocycles. The molecule has 0 fully saturated rings. The van der Waals surface area contributed by atoms with Crippen molar-refractivity contribution >= 4 is 17.0 Å². The van der Waals surface area contributed by atoms with Crippen LogP contribution in [-0.2, 0) is 0 Å². The van der Waals surface area contributed by atoms with Gasteiger partial charge in [-0.1, -0.05) is 26.3 Å². The first-order chi connectivity index (χ1) is 5.86. The fourth-order valence-corrected chi connectivity index (χ4v) is 1.31. The molecule has 0 radical (unpaired) electrons. The zero-order valence-corrected chi connectivity index (χ0v) is 9.99. The third-order valence-electron chi connectivity index (χ3n) is 2.10. The Morgan fingerprint density at radius 2 is 2.15 bits per heavy atom. The van der Waals surface area contributed by atoms with Crippen LogP contribution in [0.5, 0.6) is 0 Å². The average molecular weight is 247 g/mol. The van der Waals surface area contributed by atoms with Crippen molar-refractivity contribution in [2.24, 2.45) is 0 Å². The van der Waals surface area contributed by atoms with Crippen LogP contribution < -0.4 is 0 Å². The van der Waals surface area contributed by atoms with Gasteiger partial charge in [0.25, 0.3) is 0 Å². The summed E-state index contributed by atoms with van der Waals surface area (Å²) in [6.07, 6.45) is 9.99. The van der Waals surface area contributed by atoms with Crippen LogP contribution in [0.15, 0.2) is 25.2 Å². The lowest BCUT2D eigenvalue weighted by molar-refractivity contribution is 0.308. The van der Waals surface area contributed by atoms with Crippen LogP contribution in [0.1, 0.15) is 26.2 Å². The Kier molecular flexibility index (Phi) is 6.77. The fraction of sp³-hybridized carbons (Fsp3) is 0.600. The molecule has 1 aliphatic rings. The molecule has 0 bridgehead atoms. The van der Waals surface area contributed by atoms with E-state index in [1.165, 1.54) is 25.8 Å². The van der Waals surface area contributed by atoms with Gasteiger partial charge in [0.05, 0.1) is 6.67 Å². The van der Waals surface area contributed by atoms with Crippen LogP contribution in [0.4, 0.5) is 0 Å². The number of hydrogen-bond acceptors (Lipinski definition) is 2. The maximum Gasteiger partial charge on any atom is 0.0935 e. The lowest BCUT2D eigenvalue weighted by Crippen LogP contribution is -2.22. The lowest BCUT2D eigenvalue weighted by Gasteiger charge is -2.17. The van der Waals surface area contributed by atoms with Gasteiger partial charge in [0, 0.05) is 18.9 Å². The Bertz CT molecular complexity index is 168. The molecule has 0 spiro atoms. The Labute approximate surface area is 91.7 Å². The van der Waals surface area contributed by atoms with Crippen molar-refractivity contribution in [3.8, 4) is 0 Å². The minimum atomic E-state index is 0. The highest BCUT2D eigenvalue weighted by atomic mass is 79.9. The van der Waals surface area contributed by atoms with Crippen LogP contribution in [0.2, 0.25) is 0 Å². The van der Waals surface area contributed by atoms with Gasteiger partial charge in [-0.05, 0) is 12.6 Å². The van der Waals surface area contributed by atoms with Crippen molar-refractivity contribution in [1.82, 2.24) is 9.80 Å². The van der Waals surface area contributed by atoms with Crippen LogP contribution >= 0.6 is 17.0 Å². The van der Waals surface area contributed by atoms with Gasteiger partial charge in [0.2, 0.25) is 0 Å². The molecule has 0 aliphatic carbocycles. The molecule has 0 aromatic rings. The van der Waals surface area contributed by atoms with Gasteiger partial charge in [-0.15, -0.1) is 17.0 Å². The van der Waals surface area contributed by atoms with Crippen molar-refractivity contribution in [3.63, 3.8) is 0 Å². The van der Waals surface area contributed by atoms with Gasteiger partial charge >= 0.3 is 0 Å². The molecule has 0 saturated heterocycles. The summed E-state index contributed by atoms with van der Waals surface area (Å²) < 4.78 is 0. The van der Waals surface area contributed by atoms with Crippen molar-refractivity contribution in [2.45, 2.75) is 26.2 Å². The van der Waals surface area contributed by atoms with Gasteiger partial charge in [0.1, 0.15) is 0 Å². The van der Waals surface area contributed by atoms with E-state index in [9.17, 15) is 0 Å². The van der Waals surface area contributed by atoms with E-state index in [0.717, 1.165) is 6.67 Å². The zero-order chi connectivity index (χ0) is 8.81. The topological polar surface area (TPSA) is 6.48 Å². The molecule has 3 heteroatoms. The SMILES string of the molecule is Br.C=CN1C=CN(CCCCC)C1. The molecular weight excluding hydrogens is 228 g/mol. The summed E-state index contributed by atoms with van der Waals surface area (Å²) in [7, 11) is 0. The summed E-state index contributed by atoms with van der Waals surface area (Å²) in [5.74, 6) is 0. The summed E-state index contributed by atoms with van der Waals surface area (Å²) >= 11 is 0. The Balaban J connectivity index is 0.00000144. The molecule has 0 amide bonds. The molecule has 1 rings (SSSR count). The molecule has 1 aliphatic heterocycles.